The molecule has 0 fully saturated rings. The summed E-state index contributed by atoms with van der Waals surface area (Å²) in [4.78, 5) is 10.3. The van der Waals surface area contributed by atoms with Crippen molar-refractivity contribution in [2.75, 3.05) is 35.6 Å². The van der Waals surface area contributed by atoms with E-state index < -0.39 is 12.2 Å². The van der Waals surface area contributed by atoms with Gasteiger partial charge in [-0.1, -0.05) is 33.1 Å². The number of nitrogens with zero attached hydrogens (tertiary/aromatic N) is 5. The Balaban J connectivity index is 2.48. The summed E-state index contributed by atoms with van der Waals surface area (Å²) in [5.41, 5.74) is 1.73. The minimum Gasteiger partial charge on any atom is -0.392 e. The molecule has 2 rings (SSSR count). The molecule has 2 aromatic rings. The number of rotatable bonds is 15. The second-order valence-corrected chi connectivity index (χ2v) is 10.3. The lowest BCUT2D eigenvalue weighted by atomic mass is 9.99. The van der Waals surface area contributed by atoms with Crippen molar-refractivity contribution < 1.29 is 10.2 Å². The maximum Gasteiger partial charge on any atom is 0.226 e. The Labute approximate surface area is 218 Å². The first-order chi connectivity index (χ1) is 17.2. The number of aryl methyl sites for hydroxylation is 1. The zero-order valence-electron chi connectivity index (χ0n) is 22.2. The summed E-state index contributed by atoms with van der Waals surface area (Å²) in [6.45, 7) is 12.8. The van der Waals surface area contributed by atoms with Gasteiger partial charge in [0.1, 0.15) is 6.07 Å². The SMILES string of the molecule is CCCCC(CC)CNc1nc(NCC(C)O)c(N=Nc2sc(C)c(C)c2C#N)c(NCC(C)O)n1. The predicted octanol–water partition coefficient (Wildman–Crippen LogP) is 5.66. The van der Waals surface area contributed by atoms with Crippen LogP contribution in [0.1, 0.15) is 69.4 Å². The molecule has 0 aliphatic heterocycles. The largest absolute Gasteiger partial charge is 0.392 e. The number of aromatic nitrogens is 2. The summed E-state index contributed by atoms with van der Waals surface area (Å²) >= 11 is 1.40. The highest BCUT2D eigenvalue weighted by atomic mass is 32.1. The number of thiophene rings is 1. The normalized spacial score (nSPS) is 13.9. The number of unbranched alkanes of at least 4 members (excludes halogenated alkanes) is 1. The molecule has 5 N–H and O–H groups in total. The molecule has 10 nitrogen and oxygen atoms in total. The second-order valence-electron chi connectivity index (χ2n) is 9.13. The van der Waals surface area contributed by atoms with Crippen molar-refractivity contribution >= 4 is 39.6 Å². The third-order valence-electron chi connectivity index (χ3n) is 5.83. The van der Waals surface area contributed by atoms with E-state index in [1.807, 2.05) is 13.8 Å². The Hall–Kier alpha value is -2.81. The molecule has 2 heterocycles. The number of hydrogen-bond donors (Lipinski definition) is 5. The lowest BCUT2D eigenvalue weighted by Gasteiger charge is -2.18. The van der Waals surface area contributed by atoms with E-state index in [4.69, 9.17) is 0 Å². The van der Waals surface area contributed by atoms with E-state index in [9.17, 15) is 15.5 Å². The molecule has 3 atom stereocenters. The lowest BCUT2D eigenvalue weighted by Crippen LogP contribution is -2.21. The highest BCUT2D eigenvalue weighted by Gasteiger charge is 2.18. The summed E-state index contributed by atoms with van der Waals surface area (Å²) < 4.78 is 0. The second kappa shape index (κ2) is 14.7. The van der Waals surface area contributed by atoms with Crippen LogP contribution in [-0.4, -0.2) is 52.0 Å². The van der Waals surface area contributed by atoms with E-state index in [0.717, 1.165) is 36.2 Å². The number of nitriles is 1. The molecule has 0 saturated heterocycles. The molecule has 0 spiro atoms. The molecule has 0 radical (unpaired) electrons. The highest BCUT2D eigenvalue weighted by Crippen LogP contribution is 2.38. The first-order valence-corrected chi connectivity index (χ1v) is 13.4. The van der Waals surface area contributed by atoms with Crippen molar-refractivity contribution in [1.82, 2.24) is 9.97 Å². The molecule has 2 aromatic heterocycles. The van der Waals surface area contributed by atoms with Gasteiger partial charge >= 0.3 is 0 Å². The van der Waals surface area contributed by atoms with Crippen molar-refractivity contribution in [3.8, 4) is 6.07 Å². The smallest absolute Gasteiger partial charge is 0.226 e. The average Bonchev–Trinajstić information content (AvgIpc) is 3.12. The van der Waals surface area contributed by atoms with Crippen LogP contribution in [0.3, 0.4) is 0 Å². The van der Waals surface area contributed by atoms with Gasteiger partial charge in [0.15, 0.2) is 22.3 Å². The van der Waals surface area contributed by atoms with Crippen molar-refractivity contribution in [1.29, 1.82) is 5.26 Å². The fourth-order valence-corrected chi connectivity index (χ4v) is 4.38. The van der Waals surface area contributed by atoms with Gasteiger partial charge in [0.05, 0.1) is 17.8 Å². The van der Waals surface area contributed by atoms with Crippen molar-refractivity contribution in [3.63, 3.8) is 0 Å². The minimum atomic E-state index is -0.610. The summed E-state index contributed by atoms with van der Waals surface area (Å²) in [6.07, 6.45) is 3.30. The molecule has 0 amide bonds. The zero-order chi connectivity index (χ0) is 26.7. The third kappa shape index (κ3) is 8.69. The molecule has 11 heteroatoms. The van der Waals surface area contributed by atoms with Gasteiger partial charge in [-0.2, -0.15) is 15.2 Å². The number of anilines is 3. The van der Waals surface area contributed by atoms with Crippen LogP contribution in [0.15, 0.2) is 10.2 Å². The van der Waals surface area contributed by atoms with Gasteiger partial charge in [-0.25, -0.2) is 0 Å². The maximum absolute atomic E-state index is 9.86. The van der Waals surface area contributed by atoms with Gasteiger partial charge < -0.3 is 26.2 Å². The van der Waals surface area contributed by atoms with E-state index in [1.54, 1.807) is 13.8 Å². The van der Waals surface area contributed by atoms with E-state index in [1.165, 1.54) is 17.8 Å². The summed E-state index contributed by atoms with van der Waals surface area (Å²) in [5, 5.41) is 48.2. The first-order valence-electron chi connectivity index (χ1n) is 12.6. The van der Waals surface area contributed by atoms with E-state index in [2.05, 4.69) is 56.1 Å². The van der Waals surface area contributed by atoms with Gasteiger partial charge in [0.2, 0.25) is 5.95 Å². The van der Waals surface area contributed by atoms with Gasteiger partial charge in [0, 0.05) is 24.5 Å². The Morgan fingerprint density at radius 1 is 0.972 bits per heavy atom. The molecule has 36 heavy (non-hydrogen) atoms. The van der Waals surface area contributed by atoms with Crippen LogP contribution in [0.4, 0.5) is 28.3 Å². The van der Waals surface area contributed by atoms with Crippen LogP contribution in [-0.2, 0) is 0 Å². The van der Waals surface area contributed by atoms with E-state index in [-0.39, 0.29) is 13.1 Å². The van der Waals surface area contributed by atoms with Crippen LogP contribution in [0.5, 0.6) is 0 Å². The topological polar surface area (TPSA) is 151 Å². The number of aliphatic hydroxyl groups is 2. The minimum absolute atomic E-state index is 0.254. The van der Waals surface area contributed by atoms with Gasteiger partial charge in [-0.3, -0.25) is 0 Å². The Kier molecular flexibility index (Phi) is 12.0. The third-order valence-corrected chi connectivity index (χ3v) is 6.92. The van der Waals surface area contributed by atoms with Crippen LogP contribution in [0.25, 0.3) is 0 Å². The fourth-order valence-electron chi connectivity index (χ4n) is 3.45. The van der Waals surface area contributed by atoms with Crippen molar-refractivity contribution in [2.45, 2.75) is 79.4 Å². The predicted molar refractivity (Wildman–Crippen MR) is 147 cm³/mol. The average molecular weight is 517 g/mol. The van der Waals surface area contributed by atoms with Gasteiger partial charge in [-0.05, 0) is 45.6 Å². The Morgan fingerprint density at radius 2 is 1.58 bits per heavy atom. The summed E-state index contributed by atoms with van der Waals surface area (Å²) in [6, 6.07) is 2.20. The van der Waals surface area contributed by atoms with Crippen LogP contribution >= 0.6 is 11.3 Å². The van der Waals surface area contributed by atoms with Crippen molar-refractivity contribution in [2.24, 2.45) is 16.1 Å². The first kappa shape index (κ1) is 29.4. The number of hydrogen-bond acceptors (Lipinski definition) is 11. The van der Waals surface area contributed by atoms with Crippen molar-refractivity contribution in [3.05, 3.63) is 16.0 Å². The van der Waals surface area contributed by atoms with E-state index in [0.29, 0.717) is 39.8 Å². The van der Waals surface area contributed by atoms with Crippen LogP contribution in [0, 0.1) is 31.1 Å². The van der Waals surface area contributed by atoms with Crippen LogP contribution < -0.4 is 16.0 Å². The quantitative estimate of drug-likeness (QED) is 0.190. The maximum atomic E-state index is 9.86. The number of aliphatic hydroxyl groups excluding tert-OH is 2. The molecule has 0 bridgehead atoms. The highest BCUT2D eigenvalue weighted by molar-refractivity contribution is 7.16. The molecular weight excluding hydrogens is 476 g/mol. The number of azo groups is 1. The molecular formula is C25H40N8O2S. The van der Waals surface area contributed by atoms with Crippen LogP contribution in [0.2, 0.25) is 0 Å². The van der Waals surface area contributed by atoms with Gasteiger partial charge in [0.25, 0.3) is 0 Å². The lowest BCUT2D eigenvalue weighted by molar-refractivity contribution is 0.208. The molecule has 0 aromatic carbocycles. The Morgan fingerprint density at radius 3 is 2.08 bits per heavy atom. The Bertz CT molecular complexity index is 1010. The fraction of sp³-hybridized carbons (Fsp3) is 0.640. The standard InChI is InChI=1S/C25H40N8O2S/c1-7-9-10-19(8-2)14-29-25-30-22(27-12-15(3)34)21(23(31-25)28-13-16(4)35)32-33-24-20(11-26)17(5)18(6)36-24/h15-16,19,34-35H,7-10,12-14H2,1-6H3,(H3,27,28,29,30,31). The number of nitrogens with one attached hydrogen (secondary N) is 3. The molecule has 0 saturated carbocycles. The monoisotopic (exact) mass is 516 g/mol. The molecule has 198 valence electrons. The zero-order valence-corrected chi connectivity index (χ0v) is 23.0. The molecule has 3 unspecified atom stereocenters. The molecule has 0 aliphatic carbocycles. The van der Waals surface area contributed by atoms with E-state index >= 15 is 0 Å². The van der Waals surface area contributed by atoms with Gasteiger partial charge in [-0.15, -0.1) is 21.6 Å². The summed E-state index contributed by atoms with van der Waals surface area (Å²) in [7, 11) is 0. The molecule has 0 aliphatic rings. The summed E-state index contributed by atoms with van der Waals surface area (Å²) in [5.74, 6) is 1.72.